The molecule has 0 saturated carbocycles. The molecule has 1 aliphatic heterocycles. The minimum absolute atomic E-state index is 0.245. The molecule has 0 bridgehead atoms. The van der Waals surface area contributed by atoms with E-state index in [0.717, 1.165) is 32.4 Å². The van der Waals surface area contributed by atoms with Crippen molar-refractivity contribution in [1.82, 2.24) is 24.9 Å². The van der Waals surface area contributed by atoms with Crippen LogP contribution in [-0.4, -0.2) is 24.9 Å². The lowest BCUT2D eigenvalue weighted by molar-refractivity contribution is 0.601. The van der Waals surface area contributed by atoms with Crippen molar-refractivity contribution >= 4 is 84.3 Å². The van der Waals surface area contributed by atoms with Crippen molar-refractivity contribution in [3.8, 4) is 68.4 Å². The van der Waals surface area contributed by atoms with Crippen molar-refractivity contribution < 1.29 is 22.1 Å². The fraction of sp³-hybridized carbons (Fsp3) is 0. The summed E-state index contributed by atoms with van der Waals surface area (Å²) in [4.78, 5) is 30.9. The van der Waals surface area contributed by atoms with E-state index >= 15 is 0 Å². The van der Waals surface area contributed by atoms with Crippen molar-refractivity contribution in [3.05, 3.63) is 194 Å². The number of oxazole rings is 5. The number of benzene rings is 9. The number of hydrogen-bond donors (Lipinski definition) is 0. The first-order chi connectivity index (χ1) is 35.2. The van der Waals surface area contributed by atoms with Crippen molar-refractivity contribution in [2.75, 3.05) is 4.90 Å². The van der Waals surface area contributed by atoms with Crippen LogP contribution in [0.1, 0.15) is 0 Å². The molecule has 9 aromatic carbocycles. The Morgan fingerprint density at radius 1 is 0.296 bits per heavy atom. The fourth-order valence-corrected chi connectivity index (χ4v) is 10.8. The molecule has 6 heterocycles. The standard InChI is InChI=1S/C59H32N6O5S/c1-8-25-42-35(18-1)60-55(66-42)50-49(33-16-15-17-34(32-33)65-40-23-6-13-30-47(40)71-48-31-14-7-24-41(48)65)51(56-61-36-19-2-9-26-43(36)67-56)53(58-63-38-21-4-11-28-45(38)69-58)54(59-64-39-22-5-12-29-46(39)70-59)52(50)57-62-37-20-3-10-27-44(37)68-57/h1-32H. The molecular weight excluding hydrogens is 905 g/mol. The van der Waals surface area contributed by atoms with Gasteiger partial charge in [0.05, 0.1) is 39.2 Å². The van der Waals surface area contributed by atoms with Gasteiger partial charge in [0, 0.05) is 21.0 Å². The Balaban J connectivity index is 1.17. The van der Waals surface area contributed by atoms with E-state index in [2.05, 4.69) is 77.7 Å². The zero-order chi connectivity index (χ0) is 46.6. The Hall–Kier alpha value is -9.52. The van der Waals surface area contributed by atoms with Gasteiger partial charge >= 0.3 is 0 Å². The van der Waals surface area contributed by atoms with Gasteiger partial charge in [0.2, 0.25) is 29.5 Å². The molecule has 0 aliphatic carbocycles. The number of nitrogens with zero attached hydrogens (tertiary/aromatic N) is 6. The van der Waals surface area contributed by atoms with Gasteiger partial charge in [0.1, 0.15) is 27.6 Å². The van der Waals surface area contributed by atoms with Gasteiger partial charge < -0.3 is 27.0 Å². The van der Waals surface area contributed by atoms with E-state index in [9.17, 15) is 0 Å². The minimum atomic E-state index is 0.245. The van der Waals surface area contributed by atoms with Crippen LogP contribution in [0.2, 0.25) is 0 Å². The molecular formula is C59H32N6O5S. The highest BCUT2D eigenvalue weighted by Crippen LogP contribution is 2.58. The number of rotatable bonds is 7. The number of hydrogen-bond acceptors (Lipinski definition) is 12. The first-order valence-corrected chi connectivity index (χ1v) is 23.8. The van der Waals surface area contributed by atoms with Crippen LogP contribution in [-0.2, 0) is 0 Å². The van der Waals surface area contributed by atoms with Gasteiger partial charge in [-0.2, -0.15) is 0 Å². The molecule has 11 nitrogen and oxygen atoms in total. The summed E-state index contributed by atoms with van der Waals surface area (Å²) >= 11 is 1.76. The average Bonchev–Trinajstić information content (AvgIpc) is 4.28. The van der Waals surface area contributed by atoms with E-state index in [4.69, 9.17) is 47.0 Å². The summed E-state index contributed by atoms with van der Waals surface area (Å²) in [7, 11) is 0. The second kappa shape index (κ2) is 15.5. The van der Waals surface area contributed by atoms with Crippen LogP contribution >= 0.6 is 11.8 Å². The van der Waals surface area contributed by atoms with Crippen LogP contribution in [0.5, 0.6) is 0 Å². The lowest BCUT2D eigenvalue weighted by atomic mass is 9.82. The molecule has 0 radical (unpaired) electrons. The van der Waals surface area contributed by atoms with Gasteiger partial charge in [-0.25, -0.2) is 24.9 Å². The maximum atomic E-state index is 6.95. The van der Waals surface area contributed by atoms with Gasteiger partial charge in [-0.1, -0.05) is 109 Å². The van der Waals surface area contributed by atoms with E-state index in [0.29, 0.717) is 88.9 Å². The molecule has 12 heteroatoms. The van der Waals surface area contributed by atoms with E-state index in [1.54, 1.807) is 11.8 Å². The Morgan fingerprint density at radius 3 is 0.958 bits per heavy atom. The number of fused-ring (bicyclic) bond motifs is 7. The molecule has 0 fully saturated rings. The maximum absolute atomic E-state index is 6.95. The number of para-hydroxylation sites is 12. The molecule has 0 unspecified atom stereocenters. The van der Waals surface area contributed by atoms with Crippen LogP contribution in [0.25, 0.3) is 124 Å². The van der Waals surface area contributed by atoms with Crippen LogP contribution < -0.4 is 4.90 Å². The molecule has 0 saturated heterocycles. The fourth-order valence-electron chi connectivity index (χ4n) is 9.79. The molecule has 5 aromatic heterocycles. The van der Waals surface area contributed by atoms with Crippen LogP contribution in [0, 0.1) is 0 Å². The predicted octanol–water partition coefficient (Wildman–Crippen LogP) is 16.3. The lowest BCUT2D eigenvalue weighted by Crippen LogP contribution is -2.14. The quantitative estimate of drug-likeness (QED) is 0.151. The molecule has 15 rings (SSSR count). The maximum Gasteiger partial charge on any atom is 0.228 e. The highest BCUT2D eigenvalue weighted by molar-refractivity contribution is 7.99. The second-order valence-corrected chi connectivity index (χ2v) is 18.2. The Kier molecular flexibility index (Phi) is 8.62. The van der Waals surface area contributed by atoms with Crippen LogP contribution in [0.4, 0.5) is 17.1 Å². The third-order valence-corrected chi connectivity index (χ3v) is 14.0. The smallest absolute Gasteiger partial charge is 0.228 e. The molecule has 0 spiro atoms. The molecule has 14 aromatic rings. The Bertz CT molecular complexity index is 4060. The third kappa shape index (κ3) is 6.28. The summed E-state index contributed by atoms with van der Waals surface area (Å²) in [6.45, 7) is 0. The first kappa shape index (κ1) is 39.5. The molecule has 1 aliphatic rings. The normalized spacial score (nSPS) is 12.4. The van der Waals surface area contributed by atoms with E-state index < -0.39 is 0 Å². The number of anilines is 3. The summed E-state index contributed by atoms with van der Waals surface area (Å²) in [5, 5.41) is 0. The zero-order valence-electron chi connectivity index (χ0n) is 37.1. The van der Waals surface area contributed by atoms with Gasteiger partial charge in [0.25, 0.3) is 0 Å². The van der Waals surface area contributed by atoms with Crippen molar-refractivity contribution in [2.45, 2.75) is 9.79 Å². The van der Waals surface area contributed by atoms with Gasteiger partial charge in [-0.3, -0.25) is 0 Å². The van der Waals surface area contributed by atoms with E-state index in [1.165, 1.54) is 0 Å². The number of aromatic nitrogens is 5. The lowest BCUT2D eigenvalue weighted by Gasteiger charge is -2.33. The van der Waals surface area contributed by atoms with Crippen LogP contribution in [0.3, 0.4) is 0 Å². The summed E-state index contributed by atoms with van der Waals surface area (Å²) < 4.78 is 34.6. The summed E-state index contributed by atoms with van der Waals surface area (Å²) in [5.41, 5.74) is 13.0. The summed E-state index contributed by atoms with van der Waals surface area (Å²) in [6.07, 6.45) is 0. The Labute approximate surface area is 406 Å². The molecule has 0 atom stereocenters. The molecule has 0 N–H and O–H groups in total. The highest BCUT2D eigenvalue weighted by Gasteiger charge is 2.39. The highest BCUT2D eigenvalue weighted by atomic mass is 32.2. The zero-order valence-corrected chi connectivity index (χ0v) is 37.9. The predicted molar refractivity (Wildman–Crippen MR) is 276 cm³/mol. The van der Waals surface area contributed by atoms with Crippen molar-refractivity contribution in [3.63, 3.8) is 0 Å². The summed E-state index contributed by atoms with van der Waals surface area (Å²) in [5.74, 6) is 1.33. The van der Waals surface area contributed by atoms with E-state index in [-0.39, 0.29) is 29.5 Å². The topological polar surface area (TPSA) is 133 Å². The Morgan fingerprint density at radius 2 is 0.606 bits per heavy atom. The minimum Gasteiger partial charge on any atom is -0.436 e. The molecule has 334 valence electrons. The first-order valence-electron chi connectivity index (χ1n) is 23.0. The monoisotopic (exact) mass is 936 g/mol. The molecule has 71 heavy (non-hydrogen) atoms. The molecule has 0 amide bonds. The van der Waals surface area contributed by atoms with Crippen molar-refractivity contribution in [2.24, 2.45) is 0 Å². The third-order valence-electron chi connectivity index (χ3n) is 12.9. The SMILES string of the molecule is c1cc(-c2c(-c3nc4ccccc4o3)c(-c3nc4ccccc4o3)c(-c3nc4ccccc4o3)c(-c3nc4ccccc4o3)c2-c2nc3ccccc3o2)cc(N2c3ccccc3Sc3ccccc32)c1. The van der Waals surface area contributed by atoms with Gasteiger partial charge in [-0.05, 0) is 103 Å². The largest absolute Gasteiger partial charge is 0.436 e. The second-order valence-electron chi connectivity index (χ2n) is 17.1. The van der Waals surface area contributed by atoms with E-state index in [1.807, 2.05) is 121 Å². The van der Waals surface area contributed by atoms with Gasteiger partial charge in [-0.15, -0.1) is 0 Å². The summed E-state index contributed by atoms with van der Waals surface area (Å²) in [6, 6.07) is 63.8. The van der Waals surface area contributed by atoms with Crippen LogP contribution in [0.15, 0.2) is 226 Å². The average molecular weight is 937 g/mol. The van der Waals surface area contributed by atoms with Crippen molar-refractivity contribution in [1.29, 1.82) is 0 Å². The van der Waals surface area contributed by atoms with Gasteiger partial charge in [0.15, 0.2) is 27.9 Å².